The molecular weight excluding hydrogens is 388 g/mol. The fraction of sp³-hybridized carbons (Fsp3) is 0.346. The van der Waals surface area contributed by atoms with Gasteiger partial charge in [0.15, 0.2) is 0 Å². The molecule has 5 nitrogen and oxygen atoms in total. The molecule has 0 N–H and O–H groups in total. The van der Waals surface area contributed by atoms with Gasteiger partial charge in [-0.25, -0.2) is 4.79 Å². The summed E-state index contributed by atoms with van der Waals surface area (Å²) in [5, 5.41) is 8.82. The van der Waals surface area contributed by atoms with Gasteiger partial charge in [-0.2, -0.15) is 5.26 Å². The molecular formula is C26H30N2O3. The van der Waals surface area contributed by atoms with Gasteiger partial charge in [0.25, 0.3) is 0 Å². The summed E-state index contributed by atoms with van der Waals surface area (Å²) in [4.78, 5) is 15.7. The van der Waals surface area contributed by atoms with Crippen LogP contribution >= 0.6 is 0 Å². The van der Waals surface area contributed by atoms with E-state index >= 15 is 0 Å². The number of hydrogen-bond acceptors (Lipinski definition) is 5. The second kappa shape index (κ2) is 13.8. The second-order valence-corrected chi connectivity index (χ2v) is 7.37. The molecule has 0 spiro atoms. The standard InChI is InChI=1S/C26H30N2O3/c1-21(2)26(29)31-18-8-6-4-3-5-7-17-30-25-15-13-24(14-16-25)28-20-23-11-9-22(19-27)10-12-23/h9-16,20H,1,3-8,17-18H2,2H3. The van der Waals surface area contributed by atoms with Crippen LogP contribution in [0.15, 0.2) is 65.7 Å². The molecule has 2 rings (SSSR count). The summed E-state index contributed by atoms with van der Waals surface area (Å²) in [6.45, 7) is 6.39. The van der Waals surface area contributed by atoms with Gasteiger partial charge in [0.2, 0.25) is 0 Å². The molecule has 162 valence electrons. The SMILES string of the molecule is C=C(C)C(=O)OCCCCCCCCOc1ccc(N=Cc2ccc(C#N)cc2)cc1. The highest BCUT2D eigenvalue weighted by Crippen LogP contribution is 2.18. The van der Waals surface area contributed by atoms with Crippen LogP contribution in [0.2, 0.25) is 0 Å². The number of nitrogens with zero attached hydrogens (tertiary/aromatic N) is 2. The third-order valence-corrected chi connectivity index (χ3v) is 4.63. The van der Waals surface area contributed by atoms with E-state index in [4.69, 9.17) is 14.7 Å². The van der Waals surface area contributed by atoms with Crippen molar-refractivity contribution in [3.63, 3.8) is 0 Å². The number of unbranched alkanes of at least 4 members (excludes halogenated alkanes) is 5. The predicted octanol–water partition coefficient (Wildman–Crippen LogP) is 6.15. The van der Waals surface area contributed by atoms with Gasteiger partial charge in [0.05, 0.1) is 30.5 Å². The molecule has 5 heteroatoms. The summed E-state index contributed by atoms with van der Waals surface area (Å²) in [6.07, 6.45) is 8.17. The molecule has 0 unspecified atom stereocenters. The number of rotatable bonds is 13. The molecule has 31 heavy (non-hydrogen) atoms. The lowest BCUT2D eigenvalue weighted by Gasteiger charge is -2.07. The number of carbonyl (C=O) groups excluding carboxylic acids is 1. The number of ether oxygens (including phenoxy) is 2. The Kier molecular flexibility index (Phi) is 10.6. The average molecular weight is 419 g/mol. The molecule has 0 saturated carbocycles. The summed E-state index contributed by atoms with van der Waals surface area (Å²) in [7, 11) is 0. The summed E-state index contributed by atoms with van der Waals surface area (Å²) in [5.41, 5.74) is 2.89. The molecule has 0 saturated heterocycles. The van der Waals surface area contributed by atoms with Crippen LogP contribution in [0, 0.1) is 11.3 Å². The van der Waals surface area contributed by atoms with Gasteiger partial charge in [-0.15, -0.1) is 0 Å². The van der Waals surface area contributed by atoms with Gasteiger partial charge in [-0.05, 0) is 61.7 Å². The minimum atomic E-state index is -0.303. The lowest BCUT2D eigenvalue weighted by Crippen LogP contribution is -2.06. The molecule has 0 amide bonds. The summed E-state index contributed by atoms with van der Waals surface area (Å²) >= 11 is 0. The van der Waals surface area contributed by atoms with E-state index in [1.807, 2.05) is 36.4 Å². The Bertz CT molecular complexity index is 894. The molecule has 0 bridgehead atoms. The number of hydrogen-bond donors (Lipinski definition) is 0. The molecule has 0 radical (unpaired) electrons. The summed E-state index contributed by atoms with van der Waals surface area (Å²) in [6, 6.07) is 17.1. The van der Waals surface area contributed by atoms with Crippen LogP contribution in [0.25, 0.3) is 0 Å². The zero-order valence-corrected chi connectivity index (χ0v) is 18.2. The van der Waals surface area contributed by atoms with Crippen molar-refractivity contribution in [1.29, 1.82) is 5.26 Å². The summed E-state index contributed by atoms with van der Waals surface area (Å²) in [5.74, 6) is 0.542. The quantitative estimate of drug-likeness (QED) is 0.169. The Hall–Kier alpha value is -3.39. The molecule has 0 fully saturated rings. The first-order chi connectivity index (χ1) is 15.1. The normalized spacial score (nSPS) is 10.6. The topological polar surface area (TPSA) is 71.7 Å². The molecule has 2 aromatic carbocycles. The van der Waals surface area contributed by atoms with E-state index in [1.54, 1.807) is 25.3 Å². The van der Waals surface area contributed by atoms with Gasteiger partial charge in [0, 0.05) is 11.8 Å². The first kappa shape index (κ1) is 23.9. The molecule has 2 aromatic rings. The molecule has 0 heterocycles. The fourth-order valence-electron chi connectivity index (χ4n) is 2.81. The van der Waals surface area contributed by atoms with Crippen LogP contribution in [-0.2, 0) is 9.53 Å². The third-order valence-electron chi connectivity index (χ3n) is 4.63. The predicted molar refractivity (Wildman–Crippen MR) is 124 cm³/mol. The Balaban J connectivity index is 1.55. The van der Waals surface area contributed by atoms with Crippen molar-refractivity contribution >= 4 is 17.9 Å². The van der Waals surface area contributed by atoms with E-state index in [-0.39, 0.29) is 5.97 Å². The maximum absolute atomic E-state index is 11.2. The number of benzene rings is 2. The van der Waals surface area contributed by atoms with E-state index in [9.17, 15) is 4.79 Å². The van der Waals surface area contributed by atoms with Crippen molar-refractivity contribution < 1.29 is 14.3 Å². The second-order valence-electron chi connectivity index (χ2n) is 7.37. The zero-order chi connectivity index (χ0) is 22.3. The van der Waals surface area contributed by atoms with Crippen LogP contribution in [0.1, 0.15) is 56.6 Å². The maximum atomic E-state index is 11.2. The molecule has 0 aliphatic rings. The number of nitriles is 1. The van der Waals surface area contributed by atoms with E-state index in [0.29, 0.717) is 24.4 Å². The summed E-state index contributed by atoms with van der Waals surface area (Å²) < 4.78 is 10.9. The van der Waals surface area contributed by atoms with Crippen LogP contribution in [0.5, 0.6) is 5.75 Å². The van der Waals surface area contributed by atoms with Gasteiger partial charge >= 0.3 is 5.97 Å². The highest BCUT2D eigenvalue weighted by atomic mass is 16.5. The van der Waals surface area contributed by atoms with Crippen molar-refractivity contribution in [3.05, 3.63) is 71.8 Å². The number of aliphatic imine (C=N–C) groups is 1. The van der Waals surface area contributed by atoms with Crippen molar-refractivity contribution in [2.45, 2.75) is 45.4 Å². The van der Waals surface area contributed by atoms with Gasteiger partial charge in [0.1, 0.15) is 5.75 Å². The van der Waals surface area contributed by atoms with Crippen molar-refractivity contribution in [2.75, 3.05) is 13.2 Å². The van der Waals surface area contributed by atoms with Crippen LogP contribution in [-0.4, -0.2) is 25.4 Å². The van der Waals surface area contributed by atoms with Crippen LogP contribution < -0.4 is 4.74 Å². The lowest BCUT2D eigenvalue weighted by atomic mass is 10.1. The molecule has 0 aromatic heterocycles. The largest absolute Gasteiger partial charge is 0.494 e. The minimum Gasteiger partial charge on any atom is -0.494 e. The highest BCUT2D eigenvalue weighted by molar-refractivity contribution is 5.86. The molecule has 0 aliphatic carbocycles. The van der Waals surface area contributed by atoms with Gasteiger partial charge in [-0.1, -0.05) is 44.4 Å². The minimum absolute atomic E-state index is 0.303. The zero-order valence-electron chi connectivity index (χ0n) is 18.2. The highest BCUT2D eigenvalue weighted by Gasteiger charge is 2.02. The third kappa shape index (κ3) is 9.77. The molecule has 0 aliphatic heterocycles. The van der Waals surface area contributed by atoms with Crippen LogP contribution in [0.3, 0.4) is 0 Å². The number of esters is 1. The van der Waals surface area contributed by atoms with Crippen molar-refractivity contribution in [3.8, 4) is 11.8 Å². The van der Waals surface area contributed by atoms with E-state index < -0.39 is 0 Å². The average Bonchev–Trinajstić information content (AvgIpc) is 2.79. The Morgan fingerprint density at radius 3 is 2.19 bits per heavy atom. The molecule has 0 atom stereocenters. The fourth-order valence-corrected chi connectivity index (χ4v) is 2.81. The Labute approximate surface area is 185 Å². The van der Waals surface area contributed by atoms with E-state index in [1.165, 1.54) is 0 Å². The van der Waals surface area contributed by atoms with Gasteiger partial charge < -0.3 is 9.47 Å². The monoisotopic (exact) mass is 418 g/mol. The van der Waals surface area contributed by atoms with Crippen molar-refractivity contribution in [2.24, 2.45) is 4.99 Å². The Morgan fingerprint density at radius 2 is 1.58 bits per heavy atom. The lowest BCUT2D eigenvalue weighted by molar-refractivity contribution is -0.139. The smallest absolute Gasteiger partial charge is 0.333 e. The number of carbonyl (C=O) groups is 1. The van der Waals surface area contributed by atoms with Gasteiger partial charge in [-0.3, -0.25) is 4.99 Å². The van der Waals surface area contributed by atoms with E-state index in [0.717, 1.165) is 55.5 Å². The Morgan fingerprint density at radius 1 is 0.968 bits per heavy atom. The van der Waals surface area contributed by atoms with Crippen molar-refractivity contribution in [1.82, 2.24) is 0 Å². The first-order valence-corrected chi connectivity index (χ1v) is 10.7. The van der Waals surface area contributed by atoms with E-state index in [2.05, 4.69) is 17.6 Å². The maximum Gasteiger partial charge on any atom is 0.333 e. The van der Waals surface area contributed by atoms with Crippen LogP contribution in [0.4, 0.5) is 5.69 Å². The first-order valence-electron chi connectivity index (χ1n) is 10.7.